The summed E-state index contributed by atoms with van der Waals surface area (Å²) in [5.74, 6) is -0.186. The van der Waals surface area contributed by atoms with E-state index in [1.54, 1.807) is 20.8 Å². The molecule has 1 N–H and O–H groups in total. The van der Waals surface area contributed by atoms with Gasteiger partial charge < -0.3 is 10.1 Å². The van der Waals surface area contributed by atoms with Crippen LogP contribution in [0.25, 0.3) is 0 Å². The maximum atomic E-state index is 11.8. The number of amides is 1. The minimum absolute atomic E-state index is 0.0504. The highest BCUT2D eigenvalue weighted by Gasteiger charge is 2.30. The Hall–Kier alpha value is -1.57. The van der Waals surface area contributed by atoms with Gasteiger partial charge in [-0.05, 0) is 0 Å². The lowest BCUT2D eigenvalue weighted by atomic mass is 9.85. The monoisotopic (exact) mass is 212 g/mol. The molecule has 15 heavy (non-hydrogen) atoms. The summed E-state index contributed by atoms with van der Waals surface area (Å²) in [6.45, 7) is 5.20. The van der Waals surface area contributed by atoms with Crippen molar-refractivity contribution in [1.82, 2.24) is 5.32 Å². The number of hydrogen-bond acceptors (Lipinski definition) is 4. The molecule has 0 aromatic carbocycles. The van der Waals surface area contributed by atoms with E-state index in [-0.39, 0.29) is 12.2 Å². The molecule has 0 aliphatic rings. The molecule has 0 radical (unpaired) electrons. The number of ether oxygens (including phenoxy) is 1. The molecule has 0 saturated heterocycles. The van der Waals surface area contributed by atoms with Gasteiger partial charge in [-0.1, -0.05) is 20.8 Å². The first kappa shape index (κ1) is 13.4. The summed E-state index contributed by atoms with van der Waals surface area (Å²) in [6.07, 6.45) is -0.751. The quantitative estimate of drug-likeness (QED) is 0.763. The van der Waals surface area contributed by atoms with Gasteiger partial charge in [-0.25, -0.2) is 4.79 Å². The zero-order valence-corrected chi connectivity index (χ0v) is 9.46. The Balaban J connectivity index is 4.61. The van der Waals surface area contributed by atoms with Crippen LogP contribution >= 0.6 is 0 Å². The maximum absolute atomic E-state index is 11.8. The number of rotatable bonds is 3. The first-order chi connectivity index (χ1) is 6.82. The number of Topliss-reactive ketones (excluding diaryl/α,β-unsaturated/α-hetero) is 1. The van der Waals surface area contributed by atoms with Gasteiger partial charge in [-0.2, -0.15) is 5.26 Å². The lowest BCUT2D eigenvalue weighted by Crippen LogP contribution is -2.45. The van der Waals surface area contributed by atoms with Crippen LogP contribution in [-0.4, -0.2) is 25.0 Å². The van der Waals surface area contributed by atoms with Crippen molar-refractivity contribution in [3.8, 4) is 6.07 Å². The van der Waals surface area contributed by atoms with E-state index in [0.29, 0.717) is 0 Å². The third-order valence-corrected chi connectivity index (χ3v) is 1.83. The summed E-state index contributed by atoms with van der Waals surface area (Å²) in [7, 11) is 1.21. The van der Waals surface area contributed by atoms with Crippen molar-refractivity contribution in [1.29, 1.82) is 5.26 Å². The highest BCUT2D eigenvalue weighted by molar-refractivity contribution is 5.91. The van der Waals surface area contributed by atoms with Crippen LogP contribution in [0.3, 0.4) is 0 Å². The van der Waals surface area contributed by atoms with Crippen molar-refractivity contribution in [2.45, 2.75) is 33.2 Å². The fraction of sp³-hybridized carbons (Fsp3) is 0.700. The van der Waals surface area contributed by atoms with Gasteiger partial charge in [0.15, 0.2) is 5.78 Å². The van der Waals surface area contributed by atoms with Crippen molar-refractivity contribution in [3.05, 3.63) is 0 Å². The van der Waals surface area contributed by atoms with Gasteiger partial charge in [0.25, 0.3) is 0 Å². The number of nitrogens with one attached hydrogen (secondary N) is 1. The van der Waals surface area contributed by atoms with E-state index >= 15 is 0 Å². The Morgan fingerprint density at radius 1 is 1.47 bits per heavy atom. The van der Waals surface area contributed by atoms with Crippen molar-refractivity contribution in [2.75, 3.05) is 7.11 Å². The summed E-state index contributed by atoms with van der Waals surface area (Å²) in [5.41, 5.74) is -0.595. The molecule has 1 atom stereocenters. The average molecular weight is 212 g/mol. The fourth-order valence-corrected chi connectivity index (χ4v) is 1.02. The molecule has 1 amide bonds. The molecule has 0 aliphatic heterocycles. The first-order valence-electron chi connectivity index (χ1n) is 4.58. The minimum Gasteiger partial charge on any atom is -0.453 e. The van der Waals surface area contributed by atoms with E-state index in [1.165, 1.54) is 7.11 Å². The Labute approximate surface area is 89.4 Å². The molecule has 0 heterocycles. The molecule has 0 aliphatic carbocycles. The van der Waals surface area contributed by atoms with Crippen LogP contribution in [-0.2, 0) is 9.53 Å². The number of carbonyl (C=O) groups is 2. The van der Waals surface area contributed by atoms with Crippen LogP contribution in [0.1, 0.15) is 27.2 Å². The zero-order chi connectivity index (χ0) is 12.1. The second-order valence-corrected chi connectivity index (χ2v) is 4.16. The molecule has 0 saturated carbocycles. The van der Waals surface area contributed by atoms with E-state index < -0.39 is 17.6 Å². The Bertz CT molecular complexity index is 286. The largest absolute Gasteiger partial charge is 0.453 e. The molecule has 0 fully saturated rings. The summed E-state index contributed by atoms with van der Waals surface area (Å²) >= 11 is 0. The van der Waals surface area contributed by atoms with Gasteiger partial charge >= 0.3 is 6.09 Å². The summed E-state index contributed by atoms with van der Waals surface area (Å²) in [4.78, 5) is 22.7. The molecule has 0 aromatic heterocycles. The van der Waals surface area contributed by atoms with Gasteiger partial charge in [0, 0.05) is 5.41 Å². The van der Waals surface area contributed by atoms with Crippen LogP contribution in [0.4, 0.5) is 4.79 Å². The number of alkyl carbamates (subject to hydrolysis) is 1. The third-order valence-electron chi connectivity index (χ3n) is 1.83. The standard InChI is InChI=1S/C10H16N2O3/c1-10(2,3)8(13)7(5-6-11)12-9(14)15-4/h7H,5H2,1-4H3,(H,12,14)/t7-/m0/s1. The van der Waals surface area contributed by atoms with Crippen molar-refractivity contribution in [2.24, 2.45) is 5.41 Å². The number of methoxy groups -OCH3 is 1. The highest BCUT2D eigenvalue weighted by Crippen LogP contribution is 2.18. The number of ketones is 1. The topological polar surface area (TPSA) is 79.2 Å². The predicted molar refractivity (Wildman–Crippen MR) is 54.0 cm³/mol. The average Bonchev–Trinajstić information content (AvgIpc) is 2.14. The smallest absolute Gasteiger partial charge is 0.407 e. The second kappa shape index (κ2) is 5.35. The highest BCUT2D eigenvalue weighted by atomic mass is 16.5. The third kappa shape index (κ3) is 4.45. The van der Waals surface area contributed by atoms with Crippen LogP contribution < -0.4 is 5.32 Å². The van der Waals surface area contributed by atoms with Gasteiger partial charge in [0.05, 0.1) is 19.6 Å². The van der Waals surface area contributed by atoms with Gasteiger partial charge in [-0.15, -0.1) is 0 Å². The van der Waals surface area contributed by atoms with Crippen LogP contribution in [0.5, 0.6) is 0 Å². The molecule has 0 spiro atoms. The van der Waals surface area contributed by atoms with E-state index in [4.69, 9.17) is 5.26 Å². The molecule has 84 valence electrons. The molecular weight excluding hydrogens is 196 g/mol. The SMILES string of the molecule is COC(=O)N[C@@H](CC#N)C(=O)C(C)(C)C. The van der Waals surface area contributed by atoms with E-state index in [0.717, 1.165) is 0 Å². The van der Waals surface area contributed by atoms with Crippen molar-refractivity contribution in [3.63, 3.8) is 0 Å². The lowest BCUT2D eigenvalue weighted by molar-refractivity contribution is -0.128. The van der Waals surface area contributed by atoms with Crippen LogP contribution in [0.15, 0.2) is 0 Å². The number of hydrogen-bond donors (Lipinski definition) is 1. The van der Waals surface area contributed by atoms with Crippen LogP contribution in [0, 0.1) is 16.7 Å². The molecule has 0 rings (SSSR count). The minimum atomic E-state index is -0.803. The Kier molecular flexibility index (Phi) is 4.79. The fourth-order valence-electron chi connectivity index (χ4n) is 1.02. The summed E-state index contributed by atoms with van der Waals surface area (Å²) in [5, 5.41) is 10.9. The lowest BCUT2D eigenvalue weighted by Gasteiger charge is -2.23. The molecule has 0 unspecified atom stereocenters. The summed E-state index contributed by atoms with van der Waals surface area (Å²) in [6, 6.07) is 1.06. The molecule has 0 aromatic rings. The maximum Gasteiger partial charge on any atom is 0.407 e. The number of nitriles is 1. The summed E-state index contributed by atoms with van der Waals surface area (Å²) < 4.78 is 4.38. The number of carbonyl (C=O) groups excluding carboxylic acids is 2. The predicted octanol–water partition coefficient (Wildman–Crippen LogP) is 1.24. The Morgan fingerprint density at radius 2 is 2.00 bits per heavy atom. The molecular formula is C10H16N2O3. The van der Waals surface area contributed by atoms with Crippen molar-refractivity contribution < 1.29 is 14.3 Å². The Morgan fingerprint density at radius 3 is 2.33 bits per heavy atom. The van der Waals surface area contributed by atoms with E-state index in [1.807, 2.05) is 6.07 Å². The van der Waals surface area contributed by atoms with Crippen molar-refractivity contribution >= 4 is 11.9 Å². The number of nitrogens with zero attached hydrogens (tertiary/aromatic N) is 1. The van der Waals surface area contributed by atoms with Crippen LogP contribution in [0.2, 0.25) is 0 Å². The normalized spacial score (nSPS) is 12.5. The molecule has 5 heteroatoms. The molecule has 0 bridgehead atoms. The van der Waals surface area contributed by atoms with Gasteiger partial charge in [-0.3, -0.25) is 4.79 Å². The zero-order valence-electron chi connectivity index (χ0n) is 9.46. The second-order valence-electron chi connectivity index (χ2n) is 4.16. The first-order valence-corrected chi connectivity index (χ1v) is 4.58. The van der Waals surface area contributed by atoms with E-state index in [2.05, 4.69) is 10.1 Å². The van der Waals surface area contributed by atoms with Gasteiger partial charge in [0.1, 0.15) is 6.04 Å². The van der Waals surface area contributed by atoms with Gasteiger partial charge in [0.2, 0.25) is 0 Å². The van der Waals surface area contributed by atoms with E-state index in [9.17, 15) is 9.59 Å². The molecule has 5 nitrogen and oxygen atoms in total.